The first-order valence-electron chi connectivity index (χ1n) is 6.27. The normalized spacial score (nSPS) is 12.0. The molecule has 0 fully saturated rings. The summed E-state index contributed by atoms with van der Waals surface area (Å²) in [6.45, 7) is 7.28. The molecule has 0 aliphatic heterocycles. The monoisotopic (exact) mass is 270 g/mol. The lowest BCUT2D eigenvalue weighted by atomic mass is 10.1. The number of hydrogen-bond donors (Lipinski definition) is 2. The average Bonchev–Trinajstić information content (AvgIpc) is 2.29. The predicted octanol–water partition coefficient (Wildman–Crippen LogP) is 1.53. The summed E-state index contributed by atoms with van der Waals surface area (Å²) >= 11 is 0. The Morgan fingerprint density at radius 2 is 1.78 bits per heavy atom. The Kier molecular flexibility index (Phi) is 5.78. The van der Waals surface area contributed by atoms with Gasteiger partial charge in [-0.15, -0.1) is 0 Å². The fourth-order valence-corrected chi connectivity index (χ4v) is 2.65. The second-order valence-electron chi connectivity index (χ2n) is 4.50. The zero-order valence-corrected chi connectivity index (χ0v) is 12.0. The van der Waals surface area contributed by atoms with Crippen LogP contribution in [0.5, 0.6) is 0 Å². The van der Waals surface area contributed by atoms with E-state index in [9.17, 15) is 8.42 Å². The van der Waals surface area contributed by atoms with Crippen LogP contribution in [0.25, 0.3) is 0 Å². The predicted molar refractivity (Wildman–Crippen MR) is 74.1 cm³/mol. The maximum absolute atomic E-state index is 11.7. The molecule has 0 aliphatic rings. The Morgan fingerprint density at radius 3 is 2.28 bits per heavy atom. The second-order valence-corrected chi connectivity index (χ2v) is 6.27. The van der Waals surface area contributed by atoms with E-state index in [4.69, 9.17) is 0 Å². The zero-order chi connectivity index (χ0) is 13.6. The Labute approximate surface area is 110 Å². The molecule has 0 aliphatic carbocycles. The lowest BCUT2D eigenvalue weighted by Crippen LogP contribution is -2.25. The third kappa shape index (κ3) is 4.76. The van der Waals surface area contributed by atoms with Crippen LogP contribution in [0.4, 0.5) is 0 Å². The van der Waals surface area contributed by atoms with E-state index in [0.717, 1.165) is 18.5 Å². The highest BCUT2D eigenvalue weighted by Gasteiger charge is 2.11. The van der Waals surface area contributed by atoms with Gasteiger partial charge in [0, 0.05) is 12.6 Å². The van der Waals surface area contributed by atoms with Gasteiger partial charge < -0.3 is 5.32 Å². The van der Waals surface area contributed by atoms with Crippen molar-refractivity contribution >= 4 is 10.0 Å². The van der Waals surface area contributed by atoms with E-state index >= 15 is 0 Å². The lowest BCUT2D eigenvalue weighted by Gasteiger charge is -2.08. The highest BCUT2D eigenvalue weighted by atomic mass is 32.2. The molecule has 0 spiro atoms. The summed E-state index contributed by atoms with van der Waals surface area (Å²) < 4.78 is 25.9. The van der Waals surface area contributed by atoms with Crippen LogP contribution in [0.2, 0.25) is 0 Å². The van der Waals surface area contributed by atoms with Gasteiger partial charge in [-0.3, -0.25) is 0 Å². The molecule has 5 heteroatoms. The van der Waals surface area contributed by atoms with Gasteiger partial charge in [0.05, 0.1) is 4.90 Å². The van der Waals surface area contributed by atoms with Gasteiger partial charge in [-0.2, -0.15) is 0 Å². The smallest absolute Gasteiger partial charge is 0.240 e. The first kappa shape index (κ1) is 15.1. The van der Waals surface area contributed by atoms with E-state index in [0.29, 0.717) is 17.5 Å². The third-order valence-corrected chi connectivity index (χ3v) is 4.10. The SMILES string of the molecule is CCNS(=O)(=O)c1ccc(CCNC(C)C)cc1. The van der Waals surface area contributed by atoms with Crippen molar-refractivity contribution in [1.29, 1.82) is 0 Å². The van der Waals surface area contributed by atoms with Crippen LogP contribution in [0, 0.1) is 0 Å². The Bertz CT molecular complexity index is 452. The maximum atomic E-state index is 11.7. The summed E-state index contributed by atoms with van der Waals surface area (Å²) in [5.74, 6) is 0. The van der Waals surface area contributed by atoms with Crippen LogP contribution in [0.15, 0.2) is 29.2 Å². The van der Waals surface area contributed by atoms with Crippen LogP contribution in [0.3, 0.4) is 0 Å². The van der Waals surface area contributed by atoms with Crippen LogP contribution >= 0.6 is 0 Å². The molecular weight excluding hydrogens is 248 g/mol. The highest BCUT2D eigenvalue weighted by molar-refractivity contribution is 7.89. The van der Waals surface area contributed by atoms with Gasteiger partial charge in [0.15, 0.2) is 0 Å². The summed E-state index contributed by atoms with van der Waals surface area (Å²) in [6, 6.07) is 7.52. The van der Waals surface area contributed by atoms with Crippen molar-refractivity contribution in [2.75, 3.05) is 13.1 Å². The van der Waals surface area contributed by atoms with E-state index in [1.54, 1.807) is 19.1 Å². The summed E-state index contributed by atoms with van der Waals surface area (Å²) in [6.07, 6.45) is 0.902. The number of nitrogens with one attached hydrogen (secondary N) is 2. The lowest BCUT2D eigenvalue weighted by molar-refractivity contribution is 0.583. The molecule has 4 nitrogen and oxygen atoms in total. The van der Waals surface area contributed by atoms with E-state index in [1.807, 2.05) is 12.1 Å². The van der Waals surface area contributed by atoms with Crippen LogP contribution in [0.1, 0.15) is 26.3 Å². The molecule has 0 atom stereocenters. The fraction of sp³-hybridized carbons (Fsp3) is 0.538. The van der Waals surface area contributed by atoms with Crippen molar-refractivity contribution in [3.63, 3.8) is 0 Å². The molecule has 0 unspecified atom stereocenters. The van der Waals surface area contributed by atoms with Crippen molar-refractivity contribution in [1.82, 2.24) is 10.0 Å². The standard InChI is InChI=1S/C13H22N2O2S/c1-4-15-18(16,17)13-7-5-12(6-8-13)9-10-14-11(2)3/h5-8,11,14-15H,4,9-10H2,1-3H3. The molecule has 0 saturated carbocycles. The molecule has 1 rings (SSSR count). The number of benzene rings is 1. The molecule has 1 aromatic rings. The van der Waals surface area contributed by atoms with Crippen molar-refractivity contribution in [2.24, 2.45) is 0 Å². The number of sulfonamides is 1. The van der Waals surface area contributed by atoms with E-state index in [2.05, 4.69) is 23.9 Å². The first-order chi connectivity index (χ1) is 8.45. The third-order valence-electron chi connectivity index (χ3n) is 2.53. The molecule has 0 bridgehead atoms. The van der Waals surface area contributed by atoms with E-state index in [1.165, 1.54) is 0 Å². The first-order valence-corrected chi connectivity index (χ1v) is 7.76. The molecular formula is C13H22N2O2S. The van der Waals surface area contributed by atoms with Crippen LogP contribution in [-0.4, -0.2) is 27.5 Å². The molecule has 0 amide bonds. The number of hydrogen-bond acceptors (Lipinski definition) is 3. The van der Waals surface area contributed by atoms with Crippen molar-refractivity contribution in [2.45, 2.75) is 38.1 Å². The summed E-state index contributed by atoms with van der Waals surface area (Å²) in [7, 11) is -3.33. The van der Waals surface area contributed by atoms with Crippen molar-refractivity contribution < 1.29 is 8.42 Å². The summed E-state index contributed by atoms with van der Waals surface area (Å²) in [4.78, 5) is 0.324. The zero-order valence-electron chi connectivity index (χ0n) is 11.2. The Morgan fingerprint density at radius 1 is 1.17 bits per heavy atom. The van der Waals surface area contributed by atoms with Gasteiger partial charge >= 0.3 is 0 Å². The fourth-order valence-electron chi connectivity index (χ4n) is 1.61. The van der Waals surface area contributed by atoms with Crippen LogP contribution < -0.4 is 10.0 Å². The molecule has 0 heterocycles. The molecule has 102 valence electrons. The topological polar surface area (TPSA) is 58.2 Å². The summed E-state index contributed by atoms with van der Waals surface area (Å²) in [5, 5.41) is 3.33. The minimum Gasteiger partial charge on any atom is -0.314 e. The quantitative estimate of drug-likeness (QED) is 0.790. The van der Waals surface area contributed by atoms with E-state index in [-0.39, 0.29) is 0 Å². The largest absolute Gasteiger partial charge is 0.314 e. The molecule has 2 N–H and O–H groups in total. The van der Waals surface area contributed by atoms with Crippen LogP contribution in [-0.2, 0) is 16.4 Å². The Hall–Kier alpha value is -0.910. The molecule has 0 radical (unpaired) electrons. The van der Waals surface area contributed by atoms with Crippen molar-refractivity contribution in [3.8, 4) is 0 Å². The second kappa shape index (κ2) is 6.87. The minimum atomic E-state index is -3.33. The number of rotatable bonds is 7. The van der Waals surface area contributed by atoms with E-state index < -0.39 is 10.0 Å². The van der Waals surface area contributed by atoms with Gasteiger partial charge in [-0.05, 0) is 30.7 Å². The minimum absolute atomic E-state index is 0.324. The highest BCUT2D eigenvalue weighted by Crippen LogP contribution is 2.10. The van der Waals surface area contributed by atoms with Gasteiger partial charge in [0.2, 0.25) is 10.0 Å². The average molecular weight is 270 g/mol. The van der Waals surface area contributed by atoms with Gasteiger partial charge in [-0.25, -0.2) is 13.1 Å². The Balaban J connectivity index is 2.63. The molecule has 0 saturated heterocycles. The van der Waals surface area contributed by atoms with Gasteiger partial charge in [0.1, 0.15) is 0 Å². The molecule has 0 aromatic heterocycles. The molecule has 18 heavy (non-hydrogen) atoms. The summed E-state index contributed by atoms with van der Waals surface area (Å²) in [5.41, 5.74) is 1.14. The maximum Gasteiger partial charge on any atom is 0.240 e. The molecule has 1 aromatic carbocycles. The van der Waals surface area contributed by atoms with Crippen molar-refractivity contribution in [3.05, 3.63) is 29.8 Å². The van der Waals surface area contributed by atoms with Gasteiger partial charge in [0.25, 0.3) is 0 Å². The van der Waals surface area contributed by atoms with Gasteiger partial charge in [-0.1, -0.05) is 32.9 Å².